The summed E-state index contributed by atoms with van der Waals surface area (Å²) < 4.78 is 0. The fourth-order valence-corrected chi connectivity index (χ4v) is 2.49. The number of rotatable bonds is 4. The summed E-state index contributed by atoms with van der Waals surface area (Å²) in [5.74, 6) is 1.75. The van der Waals surface area contributed by atoms with Crippen molar-refractivity contribution in [1.82, 2.24) is 51.2 Å². The summed E-state index contributed by atoms with van der Waals surface area (Å²) in [5, 5.41) is 28.0. The van der Waals surface area contributed by atoms with Crippen molar-refractivity contribution >= 4 is 22.6 Å². The second-order valence-electron chi connectivity index (χ2n) is 4.64. The van der Waals surface area contributed by atoms with Gasteiger partial charge in [-0.05, 0) is 45.0 Å². The van der Waals surface area contributed by atoms with Crippen LogP contribution in [0.5, 0.6) is 0 Å². The average Bonchev–Trinajstić information content (AvgIpc) is 3.24. The van der Waals surface area contributed by atoms with Crippen molar-refractivity contribution in [3.05, 3.63) is 28.5 Å². The zero-order valence-corrected chi connectivity index (χ0v) is 11.8. The van der Waals surface area contributed by atoms with E-state index in [9.17, 15) is 0 Å². The molecule has 0 fully saturated rings. The van der Waals surface area contributed by atoms with Crippen LogP contribution < -0.4 is 0 Å². The van der Waals surface area contributed by atoms with Gasteiger partial charge in [0.25, 0.3) is 0 Å². The number of H-pyrrole nitrogens is 3. The molecule has 4 aromatic rings. The zero-order valence-electron chi connectivity index (χ0n) is 11.1. The Labute approximate surface area is 127 Å². The number of fused-ring (bicyclic) bond motifs is 1. The molecule has 4 rings (SSSR count). The van der Waals surface area contributed by atoms with Crippen molar-refractivity contribution in [3.63, 3.8) is 0 Å². The van der Waals surface area contributed by atoms with Gasteiger partial charge in [-0.3, -0.25) is 0 Å². The molecule has 0 radical (unpaired) electrons. The van der Waals surface area contributed by atoms with Gasteiger partial charge >= 0.3 is 0 Å². The van der Waals surface area contributed by atoms with Gasteiger partial charge in [0.2, 0.25) is 5.82 Å². The van der Waals surface area contributed by atoms with Crippen molar-refractivity contribution in [3.8, 4) is 11.6 Å². The van der Waals surface area contributed by atoms with E-state index in [1.807, 2.05) is 6.07 Å². The Bertz CT molecular complexity index is 895. The van der Waals surface area contributed by atoms with Crippen molar-refractivity contribution in [2.45, 2.75) is 12.8 Å². The first kappa shape index (κ1) is 12.8. The molecule has 110 valence electrons. The molecule has 0 atom stereocenters. The maximum Gasteiger partial charge on any atom is 0.215 e. The van der Waals surface area contributed by atoms with Crippen LogP contribution in [0.15, 0.2) is 12.1 Å². The number of aromatic amines is 3. The van der Waals surface area contributed by atoms with E-state index in [1.54, 1.807) is 6.07 Å². The molecule has 0 aliphatic heterocycles. The molecule has 0 bridgehead atoms. The molecule has 0 saturated carbocycles. The Kier molecular flexibility index (Phi) is 3.00. The fraction of sp³-hybridized carbons (Fsp3) is 0.182. The molecule has 3 aromatic heterocycles. The summed E-state index contributed by atoms with van der Waals surface area (Å²) in [6.45, 7) is 0. The standard InChI is InChI=1S/C11H9ClN10/c12-6-3-5(1-2-8-15-19-20-16-8)9-7(4-6)13-10(14-9)11-17-21-22-18-11/h3-4H,1-2H2,(H,13,14)(H,15,16,19,20)(H,17,18,21,22). The lowest BCUT2D eigenvalue weighted by atomic mass is 10.1. The lowest BCUT2D eigenvalue weighted by Crippen LogP contribution is -1.95. The van der Waals surface area contributed by atoms with Crippen LogP contribution in [-0.2, 0) is 12.8 Å². The summed E-state index contributed by atoms with van der Waals surface area (Å²) >= 11 is 6.17. The van der Waals surface area contributed by atoms with E-state index in [0.29, 0.717) is 35.3 Å². The molecular formula is C11H9ClN10. The van der Waals surface area contributed by atoms with E-state index in [4.69, 9.17) is 11.6 Å². The third-order valence-electron chi connectivity index (χ3n) is 3.23. The molecule has 0 aliphatic carbocycles. The molecule has 1 aromatic carbocycles. The maximum absolute atomic E-state index is 6.17. The number of tetrazole rings is 2. The molecular weight excluding hydrogens is 308 g/mol. The molecule has 0 unspecified atom stereocenters. The number of aryl methyl sites for hydroxylation is 2. The van der Waals surface area contributed by atoms with E-state index < -0.39 is 0 Å². The molecule has 0 saturated heterocycles. The van der Waals surface area contributed by atoms with Crippen LogP contribution in [0, 0.1) is 0 Å². The minimum absolute atomic E-state index is 0.470. The Morgan fingerprint density at radius 3 is 2.59 bits per heavy atom. The van der Waals surface area contributed by atoms with Crippen LogP contribution in [0.25, 0.3) is 22.7 Å². The summed E-state index contributed by atoms with van der Waals surface area (Å²) in [7, 11) is 0. The van der Waals surface area contributed by atoms with E-state index in [1.165, 1.54) is 0 Å². The SMILES string of the molecule is Clc1cc(CCc2nnn[nH]2)c2[nH]c(-c3nnn[nH]3)nc2c1. The fourth-order valence-electron chi connectivity index (χ4n) is 2.25. The van der Waals surface area contributed by atoms with Crippen LogP contribution in [0.1, 0.15) is 11.4 Å². The first-order chi connectivity index (χ1) is 10.8. The lowest BCUT2D eigenvalue weighted by molar-refractivity contribution is 0.867. The molecule has 10 nitrogen and oxygen atoms in total. The largest absolute Gasteiger partial charge is 0.335 e. The van der Waals surface area contributed by atoms with Gasteiger partial charge in [-0.25, -0.2) is 15.2 Å². The second-order valence-corrected chi connectivity index (χ2v) is 5.08. The van der Waals surface area contributed by atoms with Crippen LogP contribution in [0.4, 0.5) is 0 Å². The van der Waals surface area contributed by atoms with Crippen molar-refractivity contribution < 1.29 is 0 Å². The Hall–Kier alpha value is -2.88. The van der Waals surface area contributed by atoms with Gasteiger partial charge in [0.15, 0.2) is 5.82 Å². The van der Waals surface area contributed by atoms with Crippen LogP contribution >= 0.6 is 11.6 Å². The van der Waals surface area contributed by atoms with E-state index >= 15 is 0 Å². The van der Waals surface area contributed by atoms with E-state index in [-0.39, 0.29) is 0 Å². The second kappa shape index (κ2) is 5.15. The van der Waals surface area contributed by atoms with Crippen LogP contribution in [0.3, 0.4) is 0 Å². The normalized spacial score (nSPS) is 11.3. The van der Waals surface area contributed by atoms with Crippen molar-refractivity contribution in [2.24, 2.45) is 0 Å². The summed E-state index contributed by atoms with van der Waals surface area (Å²) in [6, 6.07) is 3.69. The number of benzene rings is 1. The molecule has 0 spiro atoms. The van der Waals surface area contributed by atoms with Gasteiger partial charge in [-0.15, -0.1) is 10.2 Å². The number of hydrogen-bond acceptors (Lipinski definition) is 7. The van der Waals surface area contributed by atoms with Gasteiger partial charge in [0.05, 0.1) is 11.0 Å². The first-order valence-electron chi connectivity index (χ1n) is 6.44. The van der Waals surface area contributed by atoms with Crippen molar-refractivity contribution in [2.75, 3.05) is 0 Å². The number of nitrogens with zero attached hydrogens (tertiary/aromatic N) is 7. The zero-order chi connectivity index (χ0) is 14.9. The van der Waals surface area contributed by atoms with Crippen LogP contribution in [0.2, 0.25) is 5.02 Å². The van der Waals surface area contributed by atoms with Crippen molar-refractivity contribution in [1.29, 1.82) is 0 Å². The van der Waals surface area contributed by atoms with Gasteiger partial charge in [-0.1, -0.05) is 11.6 Å². The molecule has 3 heterocycles. The van der Waals surface area contributed by atoms with Gasteiger partial charge < -0.3 is 4.98 Å². The highest BCUT2D eigenvalue weighted by atomic mass is 35.5. The molecule has 11 heteroatoms. The minimum atomic E-state index is 0.470. The van der Waals surface area contributed by atoms with Gasteiger partial charge in [0.1, 0.15) is 5.82 Å². The predicted molar refractivity (Wildman–Crippen MR) is 75.9 cm³/mol. The average molecular weight is 317 g/mol. The Morgan fingerprint density at radius 2 is 1.82 bits per heavy atom. The third kappa shape index (κ3) is 2.29. The minimum Gasteiger partial charge on any atom is -0.335 e. The van der Waals surface area contributed by atoms with Crippen LogP contribution in [-0.4, -0.2) is 51.2 Å². The predicted octanol–water partition coefficient (Wildman–Crippen LogP) is 0.695. The summed E-state index contributed by atoms with van der Waals surface area (Å²) in [6.07, 6.45) is 1.38. The maximum atomic E-state index is 6.17. The quantitative estimate of drug-likeness (QED) is 0.503. The number of hydrogen-bond donors (Lipinski definition) is 3. The number of nitrogens with one attached hydrogen (secondary N) is 3. The Balaban J connectivity index is 1.73. The molecule has 22 heavy (non-hydrogen) atoms. The molecule has 0 aliphatic rings. The molecule has 3 N–H and O–H groups in total. The topological polar surface area (TPSA) is 138 Å². The smallest absolute Gasteiger partial charge is 0.215 e. The van der Waals surface area contributed by atoms with E-state index in [0.717, 1.165) is 16.6 Å². The highest BCUT2D eigenvalue weighted by Crippen LogP contribution is 2.25. The molecule has 0 amide bonds. The number of aromatic nitrogens is 10. The Morgan fingerprint density at radius 1 is 0.955 bits per heavy atom. The first-order valence-corrected chi connectivity index (χ1v) is 6.82. The van der Waals surface area contributed by atoms with E-state index in [2.05, 4.69) is 51.2 Å². The summed E-state index contributed by atoms with van der Waals surface area (Å²) in [4.78, 5) is 7.68. The number of imidazole rings is 1. The number of halogens is 1. The van der Waals surface area contributed by atoms with Gasteiger partial charge in [0, 0.05) is 11.4 Å². The monoisotopic (exact) mass is 316 g/mol. The van der Waals surface area contributed by atoms with Gasteiger partial charge in [-0.2, -0.15) is 0 Å². The lowest BCUT2D eigenvalue weighted by Gasteiger charge is -2.02. The third-order valence-corrected chi connectivity index (χ3v) is 3.45. The summed E-state index contributed by atoms with van der Waals surface area (Å²) in [5.41, 5.74) is 2.66. The highest BCUT2D eigenvalue weighted by Gasteiger charge is 2.13. The highest BCUT2D eigenvalue weighted by molar-refractivity contribution is 6.31.